The minimum Gasteiger partial charge on any atom is -0.317 e. The molecule has 118 valence electrons. The van der Waals surface area contributed by atoms with Gasteiger partial charge in [-0.1, -0.05) is 31.4 Å². The summed E-state index contributed by atoms with van der Waals surface area (Å²) in [5.41, 5.74) is 2.35. The molecule has 1 aromatic carbocycles. The molecule has 2 aliphatic rings. The van der Waals surface area contributed by atoms with Crippen LogP contribution in [0.3, 0.4) is 0 Å². The molecule has 1 saturated heterocycles. The van der Waals surface area contributed by atoms with Gasteiger partial charge in [-0.05, 0) is 25.0 Å². The van der Waals surface area contributed by atoms with Crippen LogP contribution in [0.4, 0.5) is 0 Å². The topological polar surface area (TPSA) is 24.3 Å². The predicted octanol–water partition coefficient (Wildman–Crippen LogP) is 2.94. The number of nitrogens with zero attached hydrogens (tertiary/aromatic N) is 4. The molecule has 2 aromatic rings. The molecule has 4 rings (SSSR count). The largest absolute Gasteiger partial charge is 0.317 e. The van der Waals surface area contributed by atoms with E-state index in [2.05, 4.69) is 43.6 Å². The van der Waals surface area contributed by atoms with Crippen LogP contribution >= 0.6 is 0 Å². The number of hydrogen-bond donors (Lipinski definition) is 0. The van der Waals surface area contributed by atoms with Crippen molar-refractivity contribution in [3.8, 4) is 0 Å². The Morgan fingerprint density at radius 1 is 0.955 bits per heavy atom. The summed E-state index contributed by atoms with van der Waals surface area (Å²) in [5, 5.41) is 0. The summed E-state index contributed by atoms with van der Waals surface area (Å²) in [6.45, 7) is 5.81. The Kier molecular flexibility index (Phi) is 4.13. The first kappa shape index (κ1) is 14.2. The van der Waals surface area contributed by atoms with Crippen LogP contribution in [0, 0.1) is 0 Å². The molecule has 1 aliphatic heterocycles. The van der Waals surface area contributed by atoms with Gasteiger partial charge in [0.05, 0.1) is 24.0 Å². The van der Waals surface area contributed by atoms with E-state index in [4.69, 9.17) is 0 Å². The van der Waals surface area contributed by atoms with Gasteiger partial charge in [-0.25, -0.2) is 4.98 Å². The van der Waals surface area contributed by atoms with E-state index in [1.807, 2.05) is 6.33 Å². The normalized spacial score (nSPS) is 22.4. The Balaban J connectivity index is 1.35. The number of aromatic nitrogens is 2. The highest BCUT2D eigenvalue weighted by Crippen LogP contribution is 2.23. The van der Waals surface area contributed by atoms with Crippen LogP contribution in [0.15, 0.2) is 30.6 Å². The Hall–Kier alpha value is -1.39. The van der Waals surface area contributed by atoms with Crippen molar-refractivity contribution in [1.82, 2.24) is 19.4 Å². The zero-order valence-corrected chi connectivity index (χ0v) is 13.3. The molecule has 22 heavy (non-hydrogen) atoms. The number of rotatable bonds is 3. The number of hydrogen-bond acceptors (Lipinski definition) is 3. The maximum absolute atomic E-state index is 4.50. The van der Waals surface area contributed by atoms with Gasteiger partial charge in [0, 0.05) is 32.2 Å². The van der Waals surface area contributed by atoms with Gasteiger partial charge in [0.15, 0.2) is 0 Å². The van der Waals surface area contributed by atoms with E-state index < -0.39 is 0 Å². The molecule has 1 aromatic heterocycles. The third-order valence-electron chi connectivity index (χ3n) is 5.38. The van der Waals surface area contributed by atoms with Gasteiger partial charge in [0.2, 0.25) is 0 Å². The zero-order chi connectivity index (χ0) is 14.8. The molecular weight excluding hydrogens is 272 g/mol. The Labute approximate surface area is 132 Å². The standard InChI is InChI=1S/C18H26N4/c1-2-6-16(7-3-1)21-12-10-20(11-13-21)15-22-14-19-17-8-4-5-9-18(17)22/h4-5,8-9,14,16H,1-3,6-7,10-13,15H2. The van der Waals surface area contributed by atoms with Crippen LogP contribution in [0.25, 0.3) is 11.0 Å². The van der Waals surface area contributed by atoms with Crippen molar-refractivity contribution >= 4 is 11.0 Å². The fourth-order valence-corrected chi connectivity index (χ4v) is 4.05. The first-order valence-electron chi connectivity index (χ1n) is 8.76. The van der Waals surface area contributed by atoms with Gasteiger partial charge >= 0.3 is 0 Å². The van der Waals surface area contributed by atoms with Crippen molar-refractivity contribution in [1.29, 1.82) is 0 Å². The minimum absolute atomic E-state index is 0.866. The van der Waals surface area contributed by atoms with Crippen LogP contribution in [0.5, 0.6) is 0 Å². The van der Waals surface area contributed by atoms with Crippen LogP contribution < -0.4 is 0 Å². The second kappa shape index (κ2) is 6.39. The SMILES string of the molecule is c1ccc2c(c1)ncn2CN1CCN(C2CCCCC2)CC1. The van der Waals surface area contributed by atoms with Crippen molar-refractivity contribution < 1.29 is 0 Å². The smallest absolute Gasteiger partial charge is 0.0969 e. The average Bonchev–Trinajstić information content (AvgIpc) is 3.00. The summed E-state index contributed by atoms with van der Waals surface area (Å²) >= 11 is 0. The molecule has 0 atom stereocenters. The van der Waals surface area contributed by atoms with E-state index in [1.165, 1.54) is 63.8 Å². The second-order valence-electron chi connectivity index (χ2n) is 6.79. The van der Waals surface area contributed by atoms with Crippen molar-refractivity contribution in [3.63, 3.8) is 0 Å². The maximum atomic E-state index is 4.50. The van der Waals surface area contributed by atoms with Gasteiger partial charge in [0.1, 0.15) is 0 Å². The highest BCUT2D eigenvalue weighted by atomic mass is 15.3. The molecule has 0 amide bonds. The van der Waals surface area contributed by atoms with Crippen molar-refractivity contribution in [2.24, 2.45) is 0 Å². The molecule has 2 heterocycles. The van der Waals surface area contributed by atoms with Crippen LogP contribution in [0.2, 0.25) is 0 Å². The lowest BCUT2D eigenvalue weighted by molar-refractivity contribution is 0.0646. The van der Waals surface area contributed by atoms with E-state index in [0.717, 1.165) is 18.2 Å². The molecule has 0 spiro atoms. The maximum Gasteiger partial charge on any atom is 0.0969 e. The lowest BCUT2D eigenvalue weighted by Crippen LogP contribution is -2.50. The van der Waals surface area contributed by atoms with Gasteiger partial charge in [-0.3, -0.25) is 9.80 Å². The Morgan fingerprint density at radius 2 is 1.73 bits per heavy atom. The van der Waals surface area contributed by atoms with Gasteiger partial charge < -0.3 is 4.57 Å². The first-order chi connectivity index (χ1) is 10.9. The van der Waals surface area contributed by atoms with E-state index in [0.29, 0.717) is 0 Å². The summed E-state index contributed by atoms with van der Waals surface area (Å²) in [4.78, 5) is 9.80. The third-order valence-corrected chi connectivity index (χ3v) is 5.38. The quantitative estimate of drug-likeness (QED) is 0.871. The van der Waals surface area contributed by atoms with E-state index in [1.54, 1.807) is 0 Å². The van der Waals surface area contributed by atoms with Gasteiger partial charge in [-0.15, -0.1) is 0 Å². The molecule has 0 unspecified atom stereocenters. The summed E-state index contributed by atoms with van der Waals surface area (Å²) in [7, 11) is 0. The summed E-state index contributed by atoms with van der Waals surface area (Å²) in [5.74, 6) is 0. The molecule has 1 aliphatic carbocycles. The molecule has 0 N–H and O–H groups in total. The fourth-order valence-electron chi connectivity index (χ4n) is 4.05. The molecule has 4 heteroatoms. The highest BCUT2D eigenvalue weighted by molar-refractivity contribution is 5.74. The van der Waals surface area contributed by atoms with Crippen molar-refractivity contribution in [3.05, 3.63) is 30.6 Å². The summed E-state index contributed by atoms with van der Waals surface area (Å²) in [6.07, 6.45) is 9.15. The first-order valence-corrected chi connectivity index (χ1v) is 8.76. The summed E-state index contributed by atoms with van der Waals surface area (Å²) in [6, 6.07) is 9.28. The third kappa shape index (κ3) is 2.90. The number of fused-ring (bicyclic) bond motifs is 1. The molecule has 0 bridgehead atoms. The highest BCUT2D eigenvalue weighted by Gasteiger charge is 2.25. The van der Waals surface area contributed by atoms with Crippen LogP contribution in [-0.4, -0.2) is 51.6 Å². The van der Waals surface area contributed by atoms with E-state index in [-0.39, 0.29) is 0 Å². The number of para-hydroxylation sites is 2. The van der Waals surface area contributed by atoms with Gasteiger partial charge in [-0.2, -0.15) is 0 Å². The molecule has 1 saturated carbocycles. The fraction of sp³-hybridized carbons (Fsp3) is 0.611. The Bertz CT molecular complexity index is 606. The van der Waals surface area contributed by atoms with Crippen LogP contribution in [-0.2, 0) is 6.67 Å². The predicted molar refractivity (Wildman–Crippen MR) is 89.8 cm³/mol. The van der Waals surface area contributed by atoms with Crippen LogP contribution in [0.1, 0.15) is 32.1 Å². The number of benzene rings is 1. The Morgan fingerprint density at radius 3 is 2.55 bits per heavy atom. The molecule has 2 fully saturated rings. The zero-order valence-electron chi connectivity index (χ0n) is 13.3. The number of imidazole rings is 1. The van der Waals surface area contributed by atoms with Crippen molar-refractivity contribution in [2.45, 2.75) is 44.8 Å². The minimum atomic E-state index is 0.866. The second-order valence-corrected chi connectivity index (χ2v) is 6.79. The molecular formula is C18H26N4. The lowest BCUT2D eigenvalue weighted by atomic mass is 9.94. The number of piperazine rings is 1. The van der Waals surface area contributed by atoms with Gasteiger partial charge in [0.25, 0.3) is 0 Å². The van der Waals surface area contributed by atoms with E-state index >= 15 is 0 Å². The van der Waals surface area contributed by atoms with E-state index in [9.17, 15) is 0 Å². The lowest BCUT2D eigenvalue weighted by Gasteiger charge is -2.40. The summed E-state index contributed by atoms with van der Waals surface area (Å²) < 4.78 is 2.28. The molecule has 4 nitrogen and oxygen atoms in total. The average molecular weight is 298 g/mol. The van der Waals surface area contributed by atoms with Crippen molar-refractivity contribution in [2.75, 3.05) is 26.2 Å². The molecule has 0 radical (unpaired) electrons. The monoisotopic (exact) mass is 298 g/mol.